The van der Waals surface area contributed by atoms with Gasteiger partial charge in [-0.25, -0.2) is 0 Å². The molecule has 112 valence electrons. The van der Waals surface area contributed by atoms with Gasteiger partial charge in [-0.15, -0.1) is 0 Å². The number of hydrogen-bond donors (Lipinski definition) is 0. The van der Waals surface area contributed by atoms with Gasteiger partial charge in [0.05, 0.1) is 5.56 Å². The Hall–Kier alpha value is -1.01. The first-order valence-electron chi connectivity index (χ1n) is 6.03. The van der Waals surface area contributed by atoms with Crippen LogP contribution >= 0.6 is 31.9 Å². The molecule has 2 rings (SSSR count). The molecule has 0 spiro atoms. The van der Waals surface area contributed by atoms with Crippen molar-refractivity contribution in [3.05, 3.63) is 63.6 Å². The molecule has 0 saturated heterocycles. The van der Waals surface area contributed by atoms with Crippen LogP contribution in [-0.4, -0.2) is 0 Å². The standard InChI is InChI=1S/C15H11Br2F3O/c16-8-11-7-13(17)4-5-14(11)21-9-10-2-1-3-12(6-10)15(18,19)20/h1-7H,8-9H2. The molecule has 0 heterocycles. The van der Waals surface area contributed by atoms with Gasteiger partial charge < -0.3 is 4.74 Å². The van der Waals surface area contributed by atoms with Crippen LogP contribution < -0.4 is 4.74 Å². The van der Waals surface area contributed by atoms with Crippen molar-refractivity contribution in [2.45, 2.75) is 18.1 Å². The summed E-state index contributed by atoms with van der Waals surface area (Å²) in [5.41, 5.74) is 0.740. The highest BCUT2D eigenvalue weighted by molar-refractivity contribution is 9.10. The normalized spacial score (nSPS) is 11.5. The molecule has 0 atom stereocenters. The predicted octanol–water partition coefficient (Wildman–Crippen LogP) is 5.94. The van der Waals surface area contributed by atoms with Crippen molar-refractivity contribution in [3.8, 4) is 5.75 Å². The minimum atomic E-state index is -4.34. The maximum Gasteiger partial charge on any atom is 0.416 e. The fourth-order valence-corrected chi connectivity index (χ4v) is 2.64. The Balaban J connectivity index is 2.13. The van der Waals surface area contributed by atoms with E-state index in [1.165, 1.54) is 6.07 Å². The van der Waals surface area contributed by atoms with Crippen LogP contribution in [0.4, 0.5) is 13.2 Å². The smallest absolute Gasteiger partial charge is 0.416 e. The van der Waals surface area contributed by atoms with Gasteiger partial charge in [0, 0.05) is 15.4 Å². The van der Waals surface area contributed by atoms with Gasteiger partial charge in [0.1, 0.15) is 12.4 Å². The van der Waals surface area contributed by atoms with Crippen LogP contribution in [0.15, 0.2) is 46.9 Å². The summed E-state index contributed by atoms with van der Waals surface area (Å²) < 4.78 is 44.5. The molecule has 6 heteroatoms. The highest BCUT2D eigenvalue weighted by Gasteiger charge is 2.30. The highest BCUT2D eigenvalue weighted by atomic mass is 79.9. The number of rotatable bonds is 4. The van der Waals surface area contributed by atoms with E-state index in [-0.39, 0.29) is 6.61 Å². The van der Waals surface area contributed by atoms with E-state index in [0.717, 1.165) is 22.2 Å². The van der Waals surface area contributed by atoms with Gasteiger partial charge in [-0.1, -0.05) is 44.0 Å². The van der Waals surface area contributed by atoms with E-state index in [4.69, 9.17) is 4.74 Å². The molecule has 0 N–H and O–H groups in total. The van der Waals surface area contributed by atoms with E-state index in [1.54, 1.807) is 12.1 Å². The Morgan fingerprint density at radius 3 is 2.48 bits per heavy atom. The second-order valence-corrected chi connectivity index (χ2v) is 5.85. The lowest BCUT2D eigenvalue weighted by molar-refractivity contribution is -0.137. The zero-order chi connectivity index (χ0) is 15.5. The molecule has 2 aromatic rings. The van der Waals surface area contributed by atoms with Gasteiger partial charge in [-0.05, 0) is 35.9 Å². The molecular weight excluding hydrogens is 413 g/mol. The van der Waals surface area contributed by atoms with Crippen molar-refractivity contribution in [2.75, 3.05) is 0 Å². The van der Waals surface area contributed by atoms with Gasteiger partial charge in [0.25, 0.3) is 0 Å². The van der Waals surface area contributed by atoms with Crippen LogP contribution in [-0.2, 0) is 18.1 Å². The van der Waals surface area contributed by atoms with Gasteiger partial charge in [-0.3, -0.25) is 0 Å². The number of ether oxygens (including phenoxy) is 1. The quantitative estimate of drug-likeness (QED) is 0.552. The first kappa shape index (κ1) is 16.4. The van der Waals surface area contributed by atoms with E-state index in [0.29, 0.717) is 16.6 Å². The number of hydrogen-bond acceptors (Lipinski definition) is 1. The third-order valence-corrected chi connectivity index (χ3v) is 3.91. The second-order valence-electron chi connectivity index (χ2n) is 4.37. The molecule has 0 unspecified atom stereocenters. The molecular formula is C15H11Br2F3O. The molecule has 0 aliphatic carbocycles. The number of benzene rings is 2. The van der Waals surface area contributed by atoms with Crippen molar-refractivity contribution in [2.24, 2.45) is 0 Å². The molecule has 0 fully saturated rings. The summed E-state index contributed by atoms with van der Waals surface area (Å²) >= 11 is 6.72. The largest absolute Gasteiger partial charge is 0.489 e. The second kappa shape index (κ2) is 6.83. The molecule has 0 radical (unpaired) electrons. The van der Waals surface area contributed by atoms with Crippen LogP contribution in [0.25, 0.3) is 0 Å². The molecule has 2 aromatic carbocycles. The lowest BCUT2D eigenvalue weighted by Gasteiger charge is -2.12. The van der Waals surface area contributed by atoms with Gasteiger partial charge in [-0.2, -0.15) is 13.2 Å². The molecule has 0 bridgehead atoms. The Bertz CT molecular complexity index is 627. The molecule has 0 amide bonds. The minimum Gasteiger partial charge on any atom is -0.489 e. The van der Waals surface area contributed by atoms with E-state index in [1.807, 2.05) is 12.1 Å². The molecule has 0 aliphatic rings. The predicted molar refractivity (Wildman–Crippen MR) is 82.5 cm³/mol. The summed E-state index contributed by atoms with van der Waals surface area (Å²) in [7, 11) is 0. The average molecular weight is 424 g/mol. The summed E-state index contributed by atoms with van der Waals surface area (Å²) in [6.07, 6.45) is -4.34. The van der Waals surface area contributed by atoms with Crippen LogP contribution in [0.2, 0.25) is 0 Å². The summed E-state index contributed by atoms with van der Waals surface area (Å²) in [5.74, 6) is 0.646. The fraction of sp³-hybridized carbons (Fsp3) is 0.200. The van der Waals surface area contributed by atoms with E-state index in [2.05, 4.69) is 31.9 Å². The molecule has 0 saturated carbocycles. The first-order chi connectivity index (χ1) is 9.90. The van der Waals surface area contributed by atoms with Crippen LogP contribution in [0.1, 0.15) is 16.7 Å². The number of halogens is 5. The maximum absolute atomic E-state index is 12.6. The topological polar surface area (TPSA) is 9.23 Å². The molecule has 1 nitrogen and oxygen atoms in total. The monoisotopic (exact) mass is 422 g/mol. The third-order valence-electron chi connectivity index (χ3n) is 2.82. The minimum absolute atomic E-state index is 0.0888. The Kier molecular flexibility index (Phi) is 5.32. The zero-order valence-electron chi connectivity index (χ0n) is 10.8. The van der Waals surface area contributed by atoms with Crippen molar-refractivity contribution in [3.63, 3.8) is 0 Å². The van der Waals surface area contributed by atoms with Crippen LogP contribution in [0.3, 0.4) is 0 Å². The van der Waals surface area contributed by atoms with Gasteiger partial charge in [0.2, 0.25) is 0 Å². The van der Waals surface area contributed by atoms with Gasteiger partial charge >= 0.3 is 6.18 Å². The van der Waals surface area contributed by atoms with Crippen LogP contribution in [0, 0.1) is 0 Å². The lowest BCUT2D eigenvalue weighted by atomic mass is 10.1. The Morgan fingerprint density at radius 1 is 1.05 bits per heavy atom. The summed E-state index contributed by atoms with van der Waals surface area (Å²) in [4.78, 5) is 0. The summed E-state index contributed by atoms with van der Waals surface area (Å²) in [5, 5.41) is 0.602. The maximum atomic E-state index is 12.6. The Morgan fingerprint density at radius 2 is 1.81 bits per heavy atom. The number of alkyl halides is 4. The van der Waals surface area contributed by atoms with Gasteiger partial charge in [0.15, 0.2) is 0 Å². The first-order valence-corrected chi connectivity index (χ1v) is 7.95. The van der Waals surface area contributed by atoms with Crippen molar-refractivity contribution in [1.29, 1.82) is 0 Å². The lowest BCUT2D eigenvalue weighted by Crippen LogP contribution is -2.06. The van der Waals surface area contributed by atoms with Crippen molar-refractivity contribution in [1.82, 2.24) is 0 Å². The zero-order valence-corrected chi connectivity index (χ0v) is 13.9. The Labute approximate surface area is 137 Å². The van der Waals surface area contributed by atoms with E-state index >= 15 is 0 Å². The summed E-state index contributed by atoms with van der Waals surface area (Å²) in [6, 6.07) is 10.7. The molecule has 0 aliphatic heterocycles. The molecule has 0 aromatic heterocycles. The van der Waals surface area contributed by atoms with E-state index < -0.39 is 11.7 Å². The fourth-order valence-electron chi connectivity index (χ4n) is 1.79. The van der Waals surface area contributed by atoms with Crippen LogP contribution in [0.5, 0.6) is 5.75 Å². The van der Waals surface area contributed by atoms with Crippen molar-refractivity contribution >= 4 is 31.9 Å². The highest BCUT2D eigenvalue weighted by Crippen LogP contribution is 2.30. The summed E-state index contributed by atoms with van der Waals surface area (Å²) in [6.45, 7) is 0.0888. The third kappa shape index (κ3) is 4.48. The average Bonchev–Trinajstić information content (AvgIpc) is 2.45. The van der Waals surface area contributed by atoms with E-state index in [9.17, 15) is 13.2 Å². The molecule has 21 heavy (non-hydrogen) atoms. The van der Waals surface area contributed by atoms with Crippen molar-refractivity contribution < 1.29 is 17.9 Å². The SMILES string of the molecule is FC(F)(F)c1cccc(COc2ccc(Br)cc2CBr)c1.